The van der Waals surface area contributed by atoms with Crippen LogP contribution in [0.25, 0.3) is 0 Å². The summed E-state index contributed by atoms with van der Waals surface area (Å²) in [4.78, 5) is 11.3. The Morgan fingerprint density at radius 2 is 1.67 bits per heavy atom. The number of hydrogen-bond acceptors (Lipinski definition) is 2. The summed E-state index contributed by atoms with van der Waals surface area (Å²) >= 11 is 6.03. The lowest BCUT2D eigenvalue weighted by Gasteiger charge is -2.17. The molecular weight excluding hydrogens is 250 g/mol. The van der Waals surface area contributed by atoms with Crippen molar-refractivity contribution in [2.24, 2.45) is 0 Å². The van der Waals surface area contributed by atoms with Crippen molar-refractivity contribution in [1.82, 2.24) is 0 Å². The molecule has 0 spiro atoms. The van der Waals surface area contributed by atoms with Crippen LogP contribution in [-0.4, -0.2) is 11.1 Å². The SMILES string of the molecule is O=C(O)C(Nc1ccccc1)c1ccccc1Cl. The fraction of sp³-hybridized carbons (Fsp3) is 0.0714. The molecular formula is C14H12ClNO2. The average Bonchev–Trinajstić information content (AvgIpc) is 2.38. The van der Waals surface area contributed by atoms with Crippen molar-refractivity contribution in [2.75, 3.05) is 5.32 Å². The van der Waals surface area contributed by atoms with Gasteiger partial charge in [-0.25, -0.2) is 4.79 Å². The Labute approximate surface area is 110 Å². The van der Waals surface area contributed by atoms with Crippen LogP contribution in [0.4, 0.5) is 5.69 Å². The second-order valence-corrected chi connectivity index (χ2v) is 4.21. The molecule has 0 amide bonds. The number of halogens is 1. The summed E-state index contributed by atoms with van der Waals surface area (Å²) in [5.74, 6) is -0.966. The van der Waals surface area contributed by atoms with Gasteiger partial charge in [0.2, 0.25) is 0 Å². The summed E-state index contributed by atoms with van der Waals surface area (Å²) in [6.45, 7) is 0. The molecule has 1 unspecified atom stereocenters. The number of carbonyl (C=O) groups is 1. The topological polar surface area (TPSA) is 49.3 Å². The van der Waals surface area contributed by atoms with Crippen LogP contribution in [0.5, 0.6) is 0 Å². The van der Waals surface area contributed by atoms with E-state index in [1.54, 1.807) is 24.3 Å². The molecule has 1 atom stereocenters. The van der Waals surface area contributed by atoms with E-state index >= 15 is 0 Å². The van der Waals surface area contributed by atoms with Crippen molar-refractivity contribution in [3.8, 4) is 0 Å². The standard InChI is InChI=1S/C14H12ClNO2/c15-12-9-5-4-8-11(12)13(14(17)18)16-10-6-2-1-3-7-10/h1-9,13,16H,(H,17,18). The van der Waals surface area contributed by atoms with Gasteiger partial charge < -0.3 is 10.4 Å². The summed E-state index contributed by atoms with van der Waals surface area (Å²) in [5.41, 5.74) is 1.29. The van der Waals surface area contributed by atoms with E-state index in [9.17, 15) is 9.90 Å². The van der Waals surface area contributed by atoms with Crippen LogP contribution in [0.3, 0.4) is 0 Å². The summed E-state index contributed by atoms with van der Waals surface area (Å²) < 4.78 is 0. The van der Waals surface area contributed by atoms with E-state index in [1.165, 1.54) is 0 Å². The van der Waals surface area contributed by atoms with E-state index < -0.39 is 12.0 Å². The number of anilines is 1. The van der Waals surface area contributed by atoms with Crippen LogP contribution in [0.1, 0.15) is 11.6 Å². The van der Waals surface area contributed by atoms with Crippen LogP contribution >= 0.6 is 11.6 Å². The number of carboxylic acid groups (broad SMARTS) is 1. The minimum absolute atomic E-state index is 0.438. The molecule has 0 saturated heterocycles. The zero-order chi connectivity index (χ0) is 13.0. The molecule has 0 bridgehead atoms. The van der Waals surface area contributed by atoms with E-state index in [-0.39, 0.29) is 0 Å². The van der Waals surface area contributed by atoms with Gasteiger partial charge in [-0.1, -0.05) is 48.0 Å². The number of hydrogen-bond donors (Lipinski definition) is 2. The smallest absolute Gasteiger partial charge is 0.330 e. The first-order valence-electron chi connectivity index (χ1n) is 5.47. The van der Waals surface area contributed by atoms with Crippen LogP contribution in [0, 0.1) is 0 Å². The van der Waals surface area contributed by atoms with Crippen molar-refractivity contribution in [3.05, 3.63) is 65.2 Å². The van der Waals surface area contributed by atoms with Crippen molar-refractivity contribution < 1.29 is 9.90 Å². The van der Waals surface area contributed by atoms with Crippen LogP contribution < -0.4 is 5.32 Å². The van der Waals surface area contributed by atoms with E-state index in [4.69, 9.17) is 11.6 Å². The molecule has 0 radical (unpaired) electrons. The van der Waals surface area contributed by atoms with Crippen LogP contribution in [0.15, 0.2) is 54.6 Å². The highest BCUT2D eigenvalue weighted by Crippen LogP contribution is 2.26. The Morgan fingerprint density at radius 3 is 2.28 bits per heavy atom. The molecule has 0 aromatic heterocycles. The number of para-hydroxylation sites is 1. The fourth-order valence-corrected chi connectivity index (χ4v) is 1.93. The molecule has 3 nitrogen and oxygen atoms in total. The van der Waals surface area contributed by atoms with Gasteiger partial charge in [0.15, 0.2) is 6.04 Å². The molecule has 2 aromatic rings. The maximum Gasteiger partial charge on any atom is 0.330 e. The number of nitrogens with one attached hydrogen (secondary N) is 1. The molecule has 18 heavy (non-hydrogen) atoms. The van der Waals surface area contributed by atoms with E-state index in [1.807, 2.05) is 30.3 Å². The van der Waals surface area contributed by atoms with Gasteiger partial charge in [-0.2, -0.15) is 0 Å². The number of aliphatic carboxylic acids is 1. The van der Waals surface area contributed by atoms with Gasteiger partial charge in [0.1, 0.15) is 0 Å². The lowest BCUT2D eigenvalue weighted by molar-refractivity contribution is -0.138. The van der Waals surface area contributed by atoms with Crippen molar-refractivity contribution in [2.45, 2.75) is 6.04 Å². The van der Waals surface area contributed by atoms with E-state index in [0.29, 0.717) is 10.6 Å². The maximum atomic E-state index is 11.3. The molecule has 0 saturated carbocycles. The molecule has 0 aliphatic heterocycles. The highest BCUT2D eigenvalue weighted by Gasteiger charge is 2.21. The lowest BCUT2D eigenvalue weighted by Crippen LogP contribution is -2.20. The number of carboxylic acids is 1. The minimum atomic E-state index is -0.966. The first-order chi connectivity index (χ1) is 8.68. The monoisotopic (exact) mass is 261 g/mol. The largest absolute Gasteiger partial charge is 0.479 e. The van der Waals surface area contributed by atoms with Crippen LogP contribution in [0.2, 0.25) is 5.02 Å². The van der Waals surface area contributed by atoms with Crippen LogP contribution in [-0.2, 0) is 4.79 Å². The third kappa shape index (κ3) is 2.81. The quantitative estimate of drug-likeness (QED) is 0.884. The average molecular weight is 262 g/mol. The molecule has 0 heterocycles. The number of benzene rings is 2. The first-order valence-corrected chi connectivity index (χ1v) is 5.85. The lowest BCUT2D eigenvalue weighted by atomic mass is 10.1. The highest BCUT2D eigenvalue weighted by atomic mass is 35.5. The molecule has 2 N–H and O–H groups in total. The fourth-order valence-electron chi connectivity index (χ4n) is 1.68. The van der Waals surface area contributed by atoms with Crippen molar-refractivity contribution in [1.29, 1.82) is 0 Å². The Kier molecular flexibility index (Phi) is 3.85. The van der Waals surface area contributed by atoms with E-state index in [2.05, 4.69) is 5.32 Å². The maximum absolute atomic E-state index is 11.3. The van der Waals surface area contributed by atoms with E-state index in [0.717, 1.165) is 5.69 Å². The van der Waals surface area contributed by atoms with Crippen molar-refractivity contribution in [3.63, 3.8) is 0 Å². The van der Waals surface area contributed by atoms with Gasteiger partial charge in [0, 0.05) is 16.3 Å². The Bertz CT molecular complexity index is 543. The van der Waals surface area contributed by atoms with Gasteiger partial charge in [-0.15, -0.1) is 0 Å². The first kappa shape index (κ1) is 12.5. The molecule has 0 fully saturated rings. The normalized spacial score (nSPS) is 11.8. The second-order valence-electron chi connectivity index (χ2n) is 3.80. The zero-order valence-corrected chi connectivity index (χ0v) is 10.3. The summed E-state index contributed by atoms with van der Waals surface area (Å²) in [7, 11) is 0. The molecule has 92 valence electrons. The third-order valence-electron chi connectivity index (χ3n) is 2.55. The van der Waals surface area contributed by atoms with Crippen molar-refractivity contribution >= 4 is 23.3 Å². The molecule has 0 aliphatic carbocycles. The Hall–Kier alpha value is -2.00. The van der Waals surface area contributed by atoms with Gasteiger partial charge in [0.05, 0.1) is 0 Å². The number of rotatable bonds is 4. The predicted molar refractivity (Wildman–Crippen MR) is 71.9 cm³/mol. The van der Waals surface area contributed by atoms with Gasteiger partial charge in [-0.3, -0.25) is 0 Å². The minimum Gasteiger partial charge on any atom is -0.479 e. The summed E-state index contributed by atoms with van der Waals surface area (Å²) in [6.07, 6.45) is 0. The Morgan fingerprint density at radius 1 is 1.06 bits per heavy atom. The van der Waals surface area contributed by atoms with Gasteiger partial charge in [-0.05, 0) is 18.2 Å². The molecule has 2 aromatic carbocycles. The zero-order valence-electron chi connectivity index (χ0n) is 9.51. The molecule has 4 heteroatoms. The predicted octanol–water partition coefficient (Wildman–Crippen LogP) is 3.58. The highest BCUT2D eigenvalue weighted by molar-refractivity contribution is 6.31. The van der Waals surface area contributed by atoms with Gasteiger partial charge >= 0.3 is 5.97 Å². The second kappa shape index (κ2) is 5.56. The van der Waals surface area contributed by atoms with Gasteiger partial charge in [0.25, 0.3) is 0 Å². The molecule has 0 aliphatic rings. The molecule has 2 rings (SSSR count). The third-order valence-corrected chi connectivity index (χ3v) is 2.89. The Balaban J connectivity index is 2.30. The summed E-state index contributed by atoms with van der Waals surface area (Å²) in [6, 6.07) is 15.2. The summed E-state index contributed by atoms with van der Waals surface area (Å²) in [5, 5.41) is 12.7.